The summed E-state index contributed by atoms with van der Waals surface area (Å²) in [6.45, 7) is 10.7. The van der Waals surface area contributed by atoms with Crippen LogP contribution in [0.25, 0.3) is 10.9 Å². The molecule has 7 nitrogen and oxygen atoms in total. The standard InChI is InChI=1S/C27H33N3O4S2/c1-6-34-26(33)22-19-12-11-16(4)13-21(19)36-24(22)29-23(31)17(5)35-27-28-20-10-8-7-9-18(20)25(32)30(27)14-15(2)3/h7-10,15-17H,6,11-14H2,1-5H3,(H,29,31)/t16-,17+/m1/s1. The molecule has 0 aliphatic heterocycles. The van der Waals surface area contributed by atoms with E-state index in [4.69, 9.17) is 9.72 Å². The van der Waals surface area contributed by atoms with Gasteiger partial charge in [-0.25, -0.2) is 9.78 Å². The van der Waals surface area contributed by atoms with Gasteiger partial charge in [-0.3, -0.25) is 14.2 Å². The quantitative estimate of drug-likeness (QED) is 0.235. The van der Waals surface area contributed by atoms with Crippen molar-refractivity contribution in [1.82, 2.24) is 9.55 Å². The SMILES string of the molecule is CCOC(=O)c1c(NC(=O)[C@H](C)Sc2nc3ccccc3c(=O)n2CC(C)C)sc2c1CC[C@@H](C)C2. The van der Waals surface area contributed by atoms with E-state index < -0.39 is 5.25 Å². The fourth-order valence-corrected chi connectivity index (χ4v) is 6.77. The number of hydrogen-bond acceptors (Lipinski definition) is 7. The Hall–Kier alpha value is -2.65. The first kappa shape index (κ1) is 26.4. The summed E-state index contributed by atoms with van der Waals surface area (Å²) >= 11 is 2.73. The fraction of sp³-hybridized carbons (Fsp3) is 0.481. The largest absolute Gasteiger partial charge is 0.462 e. The van der Waals surface area contributed by atoms with Crippen LogP contribution in [0.5, 0.6) is 0 Å². The van der Waals surface area contributed by atoms with Crippen LogP contribution in [0.4, 0.5) is 5.00 Å². The van der Waals surface area contributed by atoms with Gasteiger partial charge in [0, 0.05) is 11.4 Å². The number of carbonyl (C=O) groups is 2. The summed E-state index contributed by atoms with van der Waals surface area (Å²) in [5.41, 5.74) is 2.01. The summed E-state index contributed by atoms with van der Waals surface area (Å²) in [6, 6.07) is 7.27. The second-order valence-electron chi connectivity index (χ2n) is 9.75. The van der Waals surface area contributed by atoms with Crippen LogP contribution in [0.2, 0.25) is 0 Å². The van der Waals surface area contributed by atoms with E-state index >= 15 is 0 Å². The molecule has 2 atom stereocenters. The number of ether oxygens (including phenoxy) is 1. The zero-order chi connectivity index (χ0) is 26.0. The van der Waals surface area contributed by atoms with Crippen LogP contribution < -0.4 is 10.9 Å². The van der Waals surface area contributed by atoms with Gasteiger partial charge in [0.15, 0.2) is 5.16 Å². The number of rotatable bonds is 8. The second-order valence-corrected chi connectivity index (χ2v) is 12.2. The van der Waals surface area contributed by atoms with E-state index in [-0.39, 0.29) is 30.0 Å². The second kappa shape index (κ2) is 11.2. The molecular formula is C27H33N3O4S2. The van der Waals surface area contributed by atoms with Gasteiger partial charge in [0.25, 0.3) is 5.56 Å². The normalized spacial score (nSPS) is 16.1. The van der Waals surface area contributed by atoms with Crippen molar-refractivity contribution >= 4 is 50.9 Å². The molecule has 4 rings (SSSR count). The Kier molecular flexibility index (Phi) is 8.20. The zero-order valence-electron chi connectivity index (χ0n) is 21.4. The van der Waals surface area contributed by atoms with E-state index in [1.54, 1.807) is 24.5 Å². The Bertz CT molecular complexity index is 1340. The van der Waals surface area contributed by atoms with Gasteiger partial charge in [0.2, 0.25) is 5.91 Å². The number of nitrogens with zero attached hydrogens (tertiary/aromatic N) is 2. The predicted molar refractivity (Wildman–Crippen MR) is 146 cm³/mol. The number of thiophene rings is 1. The molecule has 2 heterocycles. The molecule has 0 saturated heterocycles. The maximum atomic E-state index is 13.3. The lowest BCUT2D eigenvalue weighted by Gasteiger charge is -2.18. The molecule has 0 radical (unpaired) electrons. The predicted octanol–water partition coefficient (Wildman–Crippen LogP) is 5.53. The van der Waals surface area contributed by atoms with Crippen molar-refractivity contribution in [1.29, 1.82) is 0 Å². The van der Waals surface area contributed by atoms with Crippen LogP contribution in [0.15, 0.2) is 34.2 Å². The van der Waals surface area contributed by atoms with Gasteiger partial charge < -0.3 is 10.1 Å². The topological polar surface area (TPSA) is 90.3 Å². The molecule has 0 bridgehead atoms. The summed E-state index contributed by atoms with van der Waals surface area (Å²) in [5, 5.41) is 4.09. The van der Waals surface area contributed by atoms with Crippen molar-refractivity contribution < 1.29 is 14.3 Å². The van der Waals surface area contributed by atoms with Gasteiger partial charge >= 0.3 is 5.97 Å². The van der Waals surface area contributed by atoms with Gasteiger partial charge in [-0.05, 0) is 62.6 Å². The van der Waals surface area contributed by atoms with E-state index in [1.807, 2.05) is 32.0 Å². The lowest BCUT2D eigenvalue weighted by molar-refractivity contribution is -0.115. The number of aromatic nitrogens is 2. The number of anilines is 1. The molecule has 1 aliphatic rings. The van der Waals surface area contributed by atoms with Gasteiger partial charge in [-0.15, -0.1) is 11.3 Å². The summed E-state index contributed by atoms with van der Waals surface area (Å²) in [5.74, 6) is 0.153. The minimum atomic E-state index is -0.537. The Morgan fingerprint density at radius 1 is 1.28 bits per heavy atom. The molecule has 1 amide bonds. The van der Waals surface area contributed by atoms with E-state index in [9.17, 15) is 14.4 Å². The molecule has 0 spiro atoms. The van der Waals surface area contributed by atoms with Crippen molar-refractivity contribution in [2.24, 2.45) is 11.8 Å². The molecule has 1 aliphatic carbocycles. The van der Waals surface area contributed by atoms with Crippen molar-refractivity contribution in [3.63, 3.8) is 0 Å². The number of carbonyl (C=O) groups excluding carboxylic acids is 2. The number of para-hydroxylation sites is 1. The maximum absolute atomic E-state index is 13.3. The van der Waals surface area contributed by atoms with Crippen LogP contribution in [0.1, 0.15) is 61.8 Å². The average molecular weight is 528 g/mol. The lowest BCUT2D eigenvalue weighted by Crippen LogP contribution is -2.28. The number of amides is 1. The van der Waals surface area contributed by atoms with E-state index in [0.717, 1.165) is 29.7 Å². The minimum Gasteiger partial charge on any atom is -0.462 e. The van der Waals surface area contributed by atoms with Gasteiger partial charge in [0.1, 0.15) is 5.00 Å². The minimum absolute atomic E-state index is 0.103. The summed E-state index contributed by atoms with van der Waals surface area (Å²) in [7, 11) is 0. The number of benzene rings is 1. The first-order valence-corrected chi connectivity index (χ1v) is 14.2. The van der Waals surface area contributed by atoms with Crippen molar-refractivity contribution in [2.45, 2.75) is 70.8 Å². The van der Waals surface area contributed by atoms with Crippen molar-refractivity contribution in [3.8, 4) is 0 Å². The monoisotopic (exact) mass is 527 g/mol. The molecule has 0 unspecified atom stereocenters. The number of thioether (sulfide) groups is 1. The van der Waals surface area contributed by atoms with Crippen LogP contribution in [-0.4, -0.2) is 33.3 Å². The first-order chi connectivity index (χ1) is 17.2. The van der Waals surface area contributed by atoms with E-state index in [0.29, 0.717) is 39.1 Å². The lowest BCUT2D eigenvalue weighted by atomic mass is 9.88. The van der Waals surface area contributed by atoms with Gasteiger partial charge in [-0.1, -0.05) is 44.7 Å². The van der Waals surface area contributed by atoms with E-state index in [1.165, 1.54) is 23.1 Å². The Morgan fingerprint density at radius 2 is 2.03 bits per heavy atom. The number of esters is 1. The number of fused-ring (bicyclic) bond motifs is 2. The van der Waals surface area contributed by atoms with E-state index in [2.05, 4.69) is 12.2 Å². The van der Waals surface area contributed by atoms with Gasteiger partial charge in [0.05, 0.1) is 28.3 Å². The molecule has 2 aromatic heterocycles. The highest BCUT2D eigenvalue weighted by atomic mass is 32.2. The highest BCUT2D eigenvalue weighted by Gasteiger charge is 2.30. The third-order valence-electron chi connectivity index (χ3n) is 6.25. The van der Waals surface area contributed by atoms with Crippen molar-refractivity contribution in [2.75, 3.05) is 11.9 Å². The van der Waals surface area contributed by atoms with Gasteiger partial charge in [-0.2, -0.15) is 0 Å². The third kappa shape index (κ3) is 5.52. The first-order valence-electron chi connectivity index (χ1n) is 12.5. The Morgan fingerprint density at radius 3 is 2.75 bits per heavy atom. The molecule has 1 N–H and O–H groups in total. The molecule has 192 valence electrons. The Balaban J connectivity index is 1.62. The molecule has 36 heavy (non-hydrogen) atoms. The Labute approximate surface area is 219 Å². The third-order valence-corrected chi connectivity index (χ3v) is 8.51. The van der Waals surface area contributed by atoms with Crippen molar-refractivity contribution in [3.05, 3.63) is 50.6 Å². The van der Waals surface area contributed by atoms with Crippen LogP contribution >= 0.6 is 23.1 Å². The smallest absolute Gasteiger partial charge is 0.341 e. The highest BCUT2D eigenvalue weighted by molar-refractivity contribution is 8.00. The summed E-state index contributed by atoms with van der Waals surface area (Å²) < 4.78 is 6.99. The van der Waals surface area contributed by atoms with Crippen LogP contribution in [0, 0.1) is 11.8 Å². The van der Waals surface area contributed by atoms with Crippen LogP contribution in [0.3, 0.4) is 0 Å². The molecule has 1 aromatic carbocycles. The molecule has 9 heteroatoms. The maximum Gasteiger partial charge on any atom is 0.341 e. The number of nitrogens with one attached hydrogen (secondary N) is 1. The fourth-order valence-electron chi connectivity index (χ4n) is 4.45. The average Bonchev–Trinajstić information content (AvgIpc) is 3.18. The molecular weight excluding hydrogens is 494 g/mol. The molecule has 0 saturated carbocycles. The highest BCUT2D eigenvalue weighted by Crippen LogP contribution is 2.40. The zero-order valence-corrected chi connectivity index (χ0v) is 23.1. The summed E-state index contributed by atoms with van der Waals surface area (Å²) in [6.07, 6.45) is 2.72. The molecule has 0 fully saturated rings. The molecule has 3 aromatic rings. The number of hydrogen-bond donors (Lipinski definition) is 1. The summed E-state index contributed by atoms with van der Waals surface area (Å²) in [4.78, 5) is 45.2. The van der Waals surface area contributed by atoms with Crippen LogP contribution in [-0.2, 0) is 28.9 Å².